The summed E-state index contributed by atoms with van der Waals surface area (Å²) >= 11 is 0. The summed E-state index contributed by atoms with van der Waals surface area (Å²) in [5.74, 6) is -0.356. The molecule has 0 saturated carbocycles. The maximum atomic E-state index is 11.8. The first-order valence-electron chi connectivity index (χ1n) is 5.70. The highest BCUT2D eigenvalue weighted by Gasteiger charge is 2.18. The summed E-state index contributed by atoms with van der Waals surface area (Å²) < 4.78 is 4.81. The Morgan fingerprint density at radius 2 is 2.16 bits per heavy atom. The van der Waals surface area contributed by atoms with Gasteiger partial charge in [-0.1, -0.05) is 0 Å². The van der Waals surface area contributed by atoms with Crippen molar-refractivity contribution in [3.05, 3.63) is 33.9 Å². The molecule has 7 nitrogen and oxygen atoms in total. The standard InChI is InChI=1S/C12H17N3O4/c1-14(2)10-5-4-9(8-11(10)15(17)18)12(16)13-6-7-19-3/h4-5,8H,6-7H2,1-3H3,(H,13,16). The van der Waals surface area contributed by atoms with E-state index in [1.54, 1.807) is 31.1 Å². The number of hydrogen-bond acceptors (Lipinski definition) is 5. The first-order chi connectivity index (χ1) is 8.97. The molecule has 19 heavy (non-hydrogen) atoms. The lowest BCUT2D eigenvalue weighted by Gasteiger charge is -2.13. The van der Waals surface area contributed by atoms with Gasteiger partial charge in [-0.2, -0.15) is 0 Å². The molecular weight excluding hydrogens is 250 g/mol. The summed E-state index contributed by atoms with van der Waals surface area (Å²) in [5, 5.41) is 13.6. The molecule has 0 radical (unpaired) electrons. The second-order valence-electron chi connectivity index (χ2n) is 4.10. The van der Waals surface area contributed by atoms with Gasteiger partial charge in [0.1, 0.15) is 5.69 Å². The third-order valence-corrected chi connectivity index (χ3v) is 2.51. The quantitative estimate of drug-likeness (QED) is 0.473. The lowest BCUT2D eigenvalue weighted by atomic mass is 10.1. The van der Waals surface area contributed by atoms with Gasteiger partial charge in [0.05, 0.1) is 11.5 Å². The Kier molecular flexibility index (Phi) is 5.25. The normalized spacial score (nSPS) is 10.1. The number of carbonyl (C=O) groups excluding carboxylic acids is 1. The Bertz CT molecular complexity index is 474. The van der Waals surface area contributed by atoms with Gasteiger partial charge in [0.2, 0.25) is 0 Å². The second-order valence-corrected chi connectivity index (χ2v) is 4.10. The smallest absolute Gasteiger partial charge is 0.293 e. The van der Waals surface area contributed by atoms with Gasteiger partial charge in [-0.3, -0.25) is 14.9 Å². The Balaban J connectivity index is 2.95. The number of ether oxygens (including phenoxy) is 1. The van der Waals surface area contributed by atoms with Crippen LogP contribution in [0.2, 0.25) is 0 Å². The number of amides is 1. The largest absolute Gasteiger partial charge is 0.383 e. The molecule has 0 saturated heterocycles. The molecule has 0 aliphatic rings. The van der Waals surface area contributed by atoms with Gasteiger partial charge in [0.25, 0.3) is 11.6 Å². The van der Waals surface area contributed by atoms with E-state index < -0.39 is 4.92 Å². The van der Waals surface area contributed by atoms with Crippen LogP contribution in [0.1, 0.15) is 10.4 Å². The third kappa shape index (κ3) is 3.92. The third-order valence-electron chi connectivity index (χ3n) is 2.51. The monoisotopic (exact) mass is 267 g/mol. The number of hydrogen-bond donors (Lipinski definition) is 1. The van der Waals surface area contributed by atoms with Gasteiger partial charge in [-0.05, 0) is 12.1 Å². The number of methoxy groups -OCH3 is 1. The van der Waals surface area contributed by atoms with Crippen LogP contribution in [0.3, 0.4) is 0 Å². The lowest BCUT2D eigenvalue weighted by Crippen LogP contribution is -2.27. The van der Waals surface area contributed by atoms with E-state index in [0.29, 0.717) is 18.8 Å². The van der Waals surface area contributed by atoms with Crippen LogP contribution in [-0.4, -0.2) is 45.2 Å². The molecule has 1 rings (SSSR count). The highest BCUT2D eigenvalue weighted by atomic mass is 16.6. The SMILES string of the molecule is COCCNC(=O)c1ccc(N(C)C)c([N+](=O)[O-])c1. The minimum absolute atomic E-state index is 0.0932. The van der Waals surface area contributed by atoms with Gasteiger partial charge < -0.3 is 15.0 Å². The van der Waals surface area contributed by atoms with E-state index in [1.807, 2.05) is 0 Å². The zero-order chi connectivity index (χ0) is 14.4. The maximum absolute atomic E-state index is 11.8. The van der Waals surface area contributed by atoms with Gasteiger partial charge in [-0.15, -0.1) is 0 Å². The van der Waals surface area contributed by atoms with Crippen LogP contribution in [0.5, 0.6) is 0 Å². The highest BCUT2D eigenvalue weighted by molar-refractivity contribution is 5.95. The summed E-state index contributed by atoms with van der Waals surface area (Å²) in [6.07, 6.45) is 0. The molecule has 1 N–H and O–H groups in total. The van der Waals surface area contributed by atoms with Crippen molar-refractivity contribution in [3.63, 3.8) is 0 Å². The first-order valence-corrected chi connectivity index (χ1v) is 5.70. The molecule has 0 aliphatic heterocycles. The fourth-order valence-corrected chi connectivity index (χ4v) is 1.56. The van der Waals surface area contributed by atoms with Crippen LogP contribution < -0.4 is 10.2 Å². The van der Waals surface area contributed by atoms with E-state index >= 15 is 0 Å². The fraction of sp³-hybridized carbons (Fsp3) is 0.417. The minimum atomic E-state index is -0.499. The molecular formula is C12H17N3O4. The predicted molar refractivity (Wildman–Crippen MR) is 71.6 cm³/mol. The van der Waals surface area contributed by atoms with Crippen molar-refractivity contribution < 1.29 is 14.5 Å². The zero-order valence-corrected chi connectivity index (χ0v) is 11.2. The molecule has 1 aromatic carbocycles. The van der Waals surface area contributed by atoms with Crippen LogP contribution in [-0.2, 0) is 4.74 Å². The predicted octanol–water partition coefficient (Wildman–Crippen LogP) is 1.04. The Morgan fingerprint density at radius 3 is 2.68 bits per heavy atom. The maximum Gasteiger partial charge on any atom is 0.293 e. The van der Waals surface area contributed by atoms with Crippen LogP contribution in [0.4, 0.5) is 11.4 Å². The highest BCUT2D eigenvalue weighted by Crippen LogP contribution is 2.27. The Labute approximate surface area is 111 Å². The zero-order valence-electron chi connectivity index (χ0n) is 11.2. The Morgan fingerprint density at radius 1 is 1.47 bits per heavy atom. The van der Waals surface area contributed by atoms with Gasteiger partial charge >= 0.3 is 0 Å². The molecule has 104 valence electrons. The van der Waals surface area contributed by atoms with Crippen molar-refractivity contribution in [3.8, 4) is 0 Å². The van der Waals surface area contributed by atoms with E-state index in [4.69, 9.17) is 4.74 Å². The van der Waals surface area contributed by atoms with E-state index in [0.717, 1.165) is 0 Å². The van der Waals surface area contributed by atoms with E-state index in [-0.39, 0.29) is 17.2 Å². The van der Waals surface area contributed by atoms with Crippen LogP contribution in [0.15, 0.2) is 18.2 Å². The van der Waals surface area contributed by atoms with Gasteiger partial charge in [0.15, 0.2) is 0 Å². The number of nitro groups is 1. The van der Waals surface area contributed by atoms with Crippen molar-refractivity contribution in [1.82, 2.24) is 5.32 Å². The second kappa shape index (κ2) is 6.69. The van der Waals surface area contributed by atoms with Crippen molar-refractivity contribution in [2.45, 2.75) is 0 Å². The number of anilines is 1. The number of nitrogens with one attached hydrogen (secondary N) is 1. The van der Waals surface area contributed by atoms with Crippen LogP contribution in [0, 0.1) is 10.1 Å². The van der Waals surface area contributed by atoms with Crippen molar-refractivity contribution in [2.75, 3.05) is 39.3 Å². The molecule has 0 aromatic heterocycles. The summed E-state index contributed by atoms with van der Waals surface area (Å²) in [5.41, 5.74) is 0.622. The molecule has 1 amide bonds. The number of rotatable bonds is 6. The fourth-order valence-electron chi connectivity index (χ4n) is 1.56. The van der Waals surface area contributed by atoms with Crippen molar-refractivity contribution >= 4 is 17.3 Å². The van der Waals surface area contributed by atoms with Gasteiger partial charge in [0, 0.05) is 39.4 Å². The molecule has 0 aliphatic carbocycles. The minimum Gasteiger partial charge on any atom is -0.383 e. The van der Waals surface area contributed by atoms with Crippen molar-refractivity contribution in [2.24, 2.45) is 0 Å². The molecule has 0 heterocycles. The molecule has 0 atom stereocenters. The van der Waals surface area contributed by atoms with Crippen molar-refractivity contribution in [1.29, 1.82) is 0 Å². The summed E-state index contributed by atoms with van der Waals surface area (Å²) in [6, 6.07) is 4.39. The van der Waals surface area contributed by atoms with Crippen LogP contribution in [0.25, 0.3) is 0 Å². The van der Waals surface area contributed by atoms with E-state index in [1.165, 1.54) is 13.2 Å². The number of benzene rings is 1. The number of nitro benzene ring substituents is 1. The topological polar surface area (TPSA) is 84.7 Å². The summed E-state index contributed by atoms with van der Waals surface area (Å²) in [7, 11) is 4.95. The van der Waals surface area contributed by atoms with Gasteiger partial charge in [-0.25, -0.2) is 0 Å². The van der Waals surface area contributed by atoms with E-state index in [9.17, 15) is 14.9 Å². The Hall–Kier alpha value is -2.15. The van der Waals surface area contributed by atoms with E-state index in [2.05, 4.69) is 5.32 Å². The average Bonchev–Trinajstić information content (AvgIpc) is 2.38. The molecule has 1 aromatic rings. The average molecular weight is 267 g/mol. The first kappa shape index (κ1) is 14.9. The number of nitrogens with zero attached hydrogens (tertiary/aromatic N) is 2. The van der Waals surface area contributed by atoms with Crippen LogP contribution >= 0.6 is 0 Å². The molecule has 0 fully saturated rings. The molecule has 0 bridgehead atoms. The lowest BCUT2D eigenvalue weighted by molar-refractivity contribution is -0.384. The summed E-state index contributed by atoms with van der Waals surface area (Å²) in [4.78, 5) is 23.9. The molecule has 7 heteroatoms. The summed E-state index contributed by atoms with van der Waals surface area (Å²) in [6.45, 7) is 0.752. The molecule has 0 unspecified atom stereocenters. The molecule has 0 spiro atoms. The number of carbonyl (C=O) groups is 1.